The van der Waals surface area contributed by atoms with Crippen molar-refractivity contribution in [3.63, 3.8) is 0 Å². The molecule has 2 heterocycles. The molecule has 0 aliphatic carbocycles. The van der Waals surface area contributed by atoms with Crippen LogP contribution >= 0.6 is 27.5 Å². The van der Waals surface area contributed by atoms with Gasteiger partial charge in [0.2, 0.25) is 5.69 Å². The number of anilines is 1. The number of hydrogen-bond donors (Lipinski definition) is 1. The Hall–Kier alpha value is -2.72. The molecular weight excluding hydrogens is 440 g/mol. The monoisotopic (exact) mass is 452 g/mol. The van der Waals surface area contributed by atoms with Gasteiger partial charge < -0.3 is 5.32 Å². The van der Waals surface area contributed by atoms with E-state index in [1.54, 1.807) is 23.9 Å². The first-order valence-corrected chi connectivity index (χ1v) is 9.05. The third kappa shape index (κ3) is 4.17. The van der Waals surface area contributed by atoms with Gasteiger partial charge in [0.15, 0.2) is 5.82 Å². The van der Waals surface area contributed by atoms with Crippen LogP contribution in [0.1, 0.15) is 23.0 Å². The highest BCUT2D eigenvalue weighted by atomic mass is 79.9. The molecule has 0 atom stereocenters. The van der Waals surface area contributed by atoms with Gasteiger partial charge in [-0.15, -0.1) is 0 Å². The van der Waals surface area contributed by atoms with Gasteiger partial charge in [0.05, 0.1) is 15.9 Å². The van der Waals surface area contributed by atoms with Crippen LogP contribution in [0, 0.1) is 10.1 Å². The van der Waals surface area contributed by atoms with Crippen LogP contribution in [-0.2, 0) is 13.1 Å². The average Bonchev–Trinajstić information content (AvgIpc) is 3.21. The lowest BCUT2D eigenvalue weighted by Gasteiger charge is -2.04. The molecule has 0 aliphatic heterocycles. The Labute approximate surface area is 167 Å². The smallest absolute Gasteiger partial charge is 0.302 e. The van der Waals surface area contributed by atoms with Crippen molar-refractivity contribution in [1.29, 1.82) is 0 Å². The van der Waals surface area contributed by atoms with E-state index in [1.165, 1.54) is 10.9 Å². The minimum absolute atomic E-state index is 0.229. The van der Waals surface area contributed by atoms with E-state index in [0.717, 1.165) is 5.56 Å². The fourth-order valence-corrected chi connectivity index (χ4v) is 3.01. The van der Waals surface area contributed by atoms with Gasteiger partial charge in [-0.3, -0.25) is 24.3 Å². The summed E-state index contributed by atoms with van der Waals surface area (Å²) >= 11 is 9.48. The van der Waals surface area contributed by atoms with Crippen LogP contribution in [0.25, 0.3) is 0 Å². The normalized spacial score (nSPS) is 10.8. The van der Waals surface area contributed by atoms with Crippen LogP contribution < -0.4 is 5.32 Å². The molecule has 140 valence electrons. The molecule has 3 aromatic rings. The van der Waals surface area contributed by atoms with E-state index in [2.05, 4.69) is 31.4 Å². The summed E-state index contributed by atoms with van der Waals surface area (Å²) in [4.78, 5) is 23.0. The fraction of sp³-hybridized carbons (Fsp3) is 0.188. The second kappa shape index (κ2) is 7.89. The zero-order chi connectivity index (χ0) is 19.6. The lowest BCUT2D eigenvalue weighted by molar-refractivity contribution is -0.385. The number of nitrogens with zero attached hydrogens (tertiary/aromatic N) is 5. The molecule has 1 aromatic carbocycles. The highest BCUT2D eigenvalue weighted by Crippen LogP contribution is 2.24. The molecular formula is C16H14BrClN6O3. The van der Waals surface area contributed by atoms with Gasteiger partial charge in [0, 0.05) is 17.8 Å². The van der Waals surface area contributed by atoms with Crippen LogP contribution in [0.5, 0.6) is 0 Å². The Morgan fingerprint density at radius 1 is 1.30 bits per heavy atom. The highest BCUT2D eigenvalue weighted by molar-refractivity contribution is 9.10. The van der Waals surface area contributed by atoms with E-state index >= 15 is 0 Å². The van der Waals surface area contributed by atoms with Crippen LogP contribution in [0.3, 0.4) is 0 Å². The maximum Gasteiger partial charge on any atom is 0.320 e. The van der Waals surface area contributed by atoms with E-state index in [9.17, 15) is 14.9 Å². The minimum atomic E-state index is -0.711. The van der Waals surface area contributed by atoms with Gasteiger partial charge in [-0.05, 0) is 34.5 Å². The molecule has 0 aliphatic rings. The van der Waals surface area contributed by atoms with Crippen molar-refractivity contribution in [1.82, 2.24) is 19.6 Å². The number of aromatic nitrogens is 4. The van der Waals surface area contributed by atoms with Crippen LogP contribution in [0.4, 0.5) is 11.5 Å². The zero-order valence-electron chi connectivity index (χ0n) is 14.1. The number of hydrogen-bond acceptors (Lipinski definition) is 5. The quantitative estimate of drug-likeness (QED) is 0.452. The van der Waals surface area contributed by atoms with Crippen LogP contribution in [-0.4, -0.2) is 30.4 Å². The number of halogens is 2. The van der Waals surface area contributed by atoms with Crippen molar-refractivity contribution >= 4 is 44.9 Å². The van der Waals surface area contributed by atoms with Crippen LogP contribution in [0.15, 0.2) is 41.1 Å². The Balaban J connectivity index is 1.81. The summed E-state index contributed by atoms with van der Waals surface area (Å²) in [5.41, 5.74) is 0.236. The summed E-state index contributed by atoms with van der Waals surface area (Å²) in [6, 6.07) is 7.35. The van der Waals surface area contributed by atoms with E-state index < -0.39 is 10.8 Å². The van der Waals surface area contributed by atoms with Gasteiger partial charge in [-0.1, -0.05) is 29.8 Å². The van der Waals surface area contributed by atoms with Gasteiger partial charge in [-0.25, -0.2) is 0 Å². The first kappa shape index (κ1) is 19.1. The second-order valence-electron chi connectivity index (χ2n) is 5.54. The second-order valence-corrected chi connectivity index (χ2v) is 6.81. The number of carbonyl (C=O) groups excluding carboxylic acids is 1. The Kier molecular flexibility index (Phi) is 5.57. The van der Waals surface area contributed by atoms with Gasteiger partial charge >= 0.3 is 5.69 Å². The SMILES string of the molecule is CCn1cc([N+](=O)[O-])c(C(=O)Nc2nn(Cc3ccccc3Cl)cc2Br)n1. The van der Waals surface area contributed by atoms with Crippen LogP contribution in [0.2, 0.25) is 5.02 Å². The minimum Gasteiger partial charge on any atom is -0.302 e. The van der Waals surface area contributed by atoms with Crippen molar-refractivity contribution in [3.8, 4) is 0 Å². The van der Waals surface area contributed by atoms with E-state index in [4.69, 9.17) is 11.6 Å². The molecule has 2 aromatic heterocycles. The predicted octanol–water partition coefficient (Wildman–Crippen LogP) is 3.72. The number of nitro groups is 1. The maximum absolute atomic E-state index is 12.5. The predicted molar refractivity (Wildman–Crippen MR) is 103 cm³/mol. The molecule has 1 N–H and O–H groups in total. The molecule has 0 fully saturated rings. The Morgan fingerprint density at radius 2 is 2.04 bits per heavy atom. The zero-order valence-corrected chi connectivity index (χ0v) is 16.4. The lowest BCUT2D eigenvalue weighted by Crippen LogP contribution is -2.15. The number of carbonyl (C=O) groups is 1. The largest absolute Gasteiger partial charge is 0.320 e. The molecule has 11 heteroatoms. The van der Waals surface area contributed by atoms with Crippen molar-refractivity contribution in [3.05, 3.63) is 67.5 Å². The lowest BCUT2D eigenvalue weighted by atomic mass is 10.2. The summed E-state index contributed by atoms with van der Waals surface area (Å²) in [5, 5.41) is 22.5. The van der Waals surface area contributed by atoms with Crippen molar-refractivity contribution < 1.29 is 9.72 Å². The fourth-order valence-electron chi connectivity index (χ4n) is 2.40. The third-order valence-corrected chi connectivity index (χ3v) is 4.67. The third-order valence-electron chi connectivity index (χ3n) is 3.72. The van der Waals surface area contributed by atoms with Crippen molar-refractivity contribution in [2.24, 2.45) is 0 Å². The number of amides is 1. The van der Waals surface area contributed by atoms with E-state index in [-0.39, 0.29) is 17.2 Å². The molecule has 3 rings (SSSR count). The summed E-state index contributed by atoms with van der Waals surface area (Å²) in [6.07, 6.45) is 2.90. The molecule has 0 saturated carbocycles. The van der Waals surface area contributed by atoms with Gasteiger partial charge in [0.25, 0.3) is 5.91 Å². The standard InChI is InChI=1S/C16H14BrClN6O3/c1-2-22-9-13(24(26)27)14(20-22)16(25)19-15-11(17)8-23(21-15)7-10-5-3-4-6-12(10)18/h3-6,8-9H,2,7H2,1H3,(H,19,21,25). The maximum atomic E-state index is 12.5. The molecule has 0 bridgehead atoms. The van der Waals surface area contributed by atoms with E-state index in [1.807, 2.05) is 18.2 Å². The first-order chi connectivity index (χ1) is 12.9. The summed E-state index contributed by atoms with van der Waals surface area (Å²) in [5.74, 6) is -0.481. The number of nitrogens with one attached hydrogen (secondary N) is 1. The molecule has 0 unspecified atom stereocenters. The first-order valence-electron chi connectivity index (χ1n) is 7.88. The Morgan fingerprint density at radius 3 is 2.70 bits per heavy atom. The van der Waals surface area contributed by atoms with E-state index in [0.29, 0.717) is 22.6 Å². The van der Waals surface area contributed by atoms with Crippen molar-refractivity contribution in [2.75, 3.05) is 5.32 Å². The summed E-state index contributed by atoms with van der Waals surface area (Å²) in [6.45, 7) is 2.58. The highest BCUT2D eigenvalue weighted by Gasteiger charge is 2.26. The van der Waals surface area contributed by atoms with Crippen molar-refractivity contribution in [2.45, 2.75) is 20.0 Å². The number of aryl methyl sites for hydroxylation is 1. The molecule has 0 radical (unpaired) electrons. The molecule has 9 nitrogen and oxygen atoms in total. The topological polar surface area (TPSA) is 108 Å². The molecule has 0 spiro atoms. The number of benzene rings is 1. The molecule has 0 saturated heterocycles. The molecule has 27 heavy (non-hydrogen) atoms. The average molecular weight is 454 g/mol. The summed E-state index contributed by atoms with van der Waals surface area (Å²) in [7, 11) is 0. The Bertz CT molecular complexity index is 1020. The van der Waals surface area contributed by atoms with Gasteiger partial charge in [-0.2, -0.15) is 10.2 Å². The van der Waals surface area contributed by atoms with Gasteiger partial charge in [0.1, 0.15) is 6.20 Å². The summed E-state index contributed by atoms with van der Waals surface area (Å²) < 4.78 is 3.46. The number of rotatable bonds is 6. The molecule has 1 amide bonds.